The van der Waals surface area contributed by atoms with Crippen molar-refractivity contribution in [2.45, 2.75) is 90.5 Å². The Morgan fingerprint density at radius 2 is 1.45 bits per heavy atom. The molecule has 0 amide bonds. The Morgan fingerprint density at radius 3 is 2.00 bits per heavy atom. The Morgan fingerprint density at radius 1 is 0.900 bits per heavy atom. The van der Waals surface area contributed by atoms with Crippen molar-refractivity contribution in [3.63, 3.8) is 0 Å². The maximum absolute atomic E-state index is 11.4. The zero-order chi connectivity index (χ0) is 15.1. The van der Waals surface area contributed by atoms with Gasteiger partial charge in [-0.25, -0.2) is 4.79 Å². The van der Waals surface area contributed by atoms with Crippen molar-refractivity contribution in [2.75, 3.05) is 6.61 Å². The minimum absolute atomic E-state index is 0.438. The average Bonchev–Trinajstić information content (AvgIpc) is 2.46. The quantitative estimate of drug-likeness (QED) is 0.274. The molecule has 0 unspecified atom stereocenters. The van der Waals surface area contributed by atoms with E-state index in [2.05, 4.69) is 20.8 Å². The molecule has 0 bridgehead atoms. The summed E-state index contributed by atoms with van der Waals surface area (Å²) < 4.78 is 10.3. The maximum atomic E-state index is 11.4. The monoisotopic (exact) mass is 302 g/mol. The van der Waals surface area contributed by atoms with Gasteiger partial charge in [-0.1, -0.05) is 78.6 Å². The number of ether oxygens (including phenoxy) is 1. The summed E-state index contributed by atoms with van der Waals surface area (Å²) in [5.41, 5.74) is 0.602. The van der Waals surface area contributed by atoms with Crippen molar-refractivity contribution >= 4 is 15.9 Å². The van der Waals surface area contributed by atoms with E-state index >= 15 is 0 Å². The normalized spacial score (nSPS) is 11.4. The molecule has 0 aromatic carbocycles. The van der Waals surface area contributed by atoms with Crippen LogP contribution in [0.2, 0.25) is 5.54 Å². The van der Waals surface area contributed by atoms with E-state index in [1.54, 1.807) is 0 Å². The molecule has 4 heteroatoms. The first kappa shape index (κ1) is 19.5. The van der Waals surface area contributed by atoms with Crippen molar-refractivity contribution < 1.29 is 14.0 Å². The second-order valence-electron chi connectivity index (χ2n) is 5.57. The molecule has 0 N–H and O–H groups in total. The zero-order valence-electron chi connectivity index (χ0n) is 13.8. The van der Waals surface area contributed by atoms with Gasteiger partial charge in [-0.2, -0.15) is 0 Å². The second kappa shape index (κ2) is 14.9. The molecule has 3 nitrogen and oxygen atoms in total. The summed E-state index contributed by atoms with van der Waals surface area (Å²) in [6.07, 6.45) is 11.8. The van der Waals surface area contributed by atoms with Crippen molar-refractivity contribution in [1.82, 2.24) is 0 Å². The van der Waals surface area contributed by atoms with Gasteiger partial charge < -0.3 is 9.16 Å². The SMILES string of the molecule is CCCCCCCCCCOC(=O)O[SiH2]C(CC)CC. The highest BCUT2D eigenvalue weighted by atomic mass is 28.2. The summed E-state index contributed by atoms with van der Waals surface area (Å²) in [7, 11) is -0.753. The van der Waals surface area contributed by atoms with Crippen LogP contribution in [-0.4, -0.2) is 22.5 Å². The van der Waals surface area contributed by atoms with Crippen LogP contribution in [0.5, 0.6) is 0 Å². The van der Waals surface area contributed by atoms with Crippen molar-refractivity contribution in [2.24, 2.45) is 0 Å². The van der Waals surface area contributed by atoms with Crippen LogP contribution in [0.1, 0.15) is 85.0 Å². The molecular weight excluding hydrogens is 268 g/mol. The lowest BCUT2D eigenvalue weighted by atomic mass is 10.1. The number of carbonyl (C=O) groups is 1. The smallest absolute Gasteiger partial charge is 0.493 e. The van der Waals surface area contributed by atoms with Gasteiger partial charge in [-0.3, -0.25) is 0 Å². The fraction of sp³-hybridized carbons (Fsp3) is 0.938. The fourth-order valence-electron chi connectivity index (χ4n) is 2.14. The summed E-state index contributed by atoms with van der Waals surface area (Å²) in [5.74, 6) is 0. The van der Waals surface area contributed by atoms with Gasteiger partial charge in [0.05, 0.1) is 6.61 Å². The van der Waals surface area contributed by atoms with Gasteiger partial charge in [0.1, 0.15) is 0 Å². The molecule has 0 aliphatic carbocycles. The standard InChI is InChI=1S/C16H34O3Si/c1-4-7-8-9-10-11-12-13-14-18-16(17)19-20-15(5-2)6-3/h15H,4-14,20H2,1-3H3. The minimum atomic E-state index is -0.753. The van der Waals surface area contributed by atoms with E-state index in [9.17, 15) is 4.79 Å². The van der Waals surface area contributed by atoms with E-state index in [0.717, 1.165) is 25.7 Å². The lowest BCUT2D eigenvalue weighted by molar-refractivity contribution is 0.0980. The lowest BCUT2D eigenvalue weighted by Gasteiger charge is -2.11. The van der Waals surface area contributed by atoms with Crippen LogP contribution in [0.15, 0.2) is 0 Å². The summed E-state index contributed by atoms with van der Waals surface area (Å²) in [6, 6.07) is 0. The highest BCUT2D eigenvalue weighted by Gasteiger charge is 2.09. The van der Waals surface area contributed by atoms with Crippen molar-refractivity contribution in [1.29, 1.82) is 0 Å². The van der Waals surface area contributed by atoms with Crippen molar-refractivity contribution in [3.8, 4) is 0 Å². The minimum Gasteiger partial charge on any atom is -0.494 e. The number of unbranched alkanes of at least 4 members (excludes halogenated alkanes) is 7. The Labute approximate surface area is 127 Å². The van der Waals surface area contributed by atoms with Gasteiger partial charge in [0.25, 0.3) is 0 Å². The van der Waals surface area contributed by atoms with Gasteiger partial charge in [-0.15, -0.1) is 0 Å². The van der Waals surface area contributed by atoms with Gasteiger partial charge in [-0.05, 0) is 12.0 Å². The van der Waals surface area contributed by atoms with Crippen LogP contribution in [0.25, 0.3) is 0 Å². The summed E-state index contributed by atoms with van der Waals surface area (Å²) in [5, 5.41) is 0. The molecule has 0 saturated heterocycles. The third kappa shape index (κ3) is 12.5. The predicted octanol–water partition coefficient (Wildman–Crippen LogP) is 4.97. The Kier molecular flexibility index (Phi) is 14.5. The zero-order valence-corrected chi connectivity index (χ0v) is 15.2. The molecule has 0 aromatic rings. The molecule has 0 heterocycles. The average molecular weight is 303 g/mol. The predicted molar refractivity (Wildman–Crippen MR) is 87.9 cm³/mol. The van der Waals surface area contributed by atoms with Crippen LogP contribution in [0, 0.1) is 0 Å². The molecule has 0 radical (unpaired) electrons. The number of carbonyl (C=O) groups excluding carboxylic acids is 1. The van der Waals surface area contributed by atoms with Crippen molar-refractivity contribution in [3.05, 3.63) is 0 Å². The molecule has 0 fully saturated rings. The molecule has 120 valence electrons. The Hall–Kier alpha value is -0.513. The molecule has 20 heavy (non-hydrogen) atoms. The number of hydrogen-bond acceptors (Lipinski definition) is 3. The summed E-state index contributed by atoms with van der Waals surface area (Å²) in [6.45, 7) is 7.06. The van der Waals surface area contributed by atoms with Gasteiger partial charge in [0, 0.05) is 0 Å². The van der Waals surface area contributed by atoms with Gasteiger partial charge in [0.15, 0.2) is 0 Å². The fourth-order valence-corrected chi connectivity index (χ4v) is 3.07. The van der Waals surface area contributed by atoms with E-state index in [-0.39, 0.29) is 0 Å². The van der Waals surface area contributed by atoms with Gasteiger partial charge in [0.2, 0.25) is 9.76 Å². The lowest BCUT2D eigenvalue weighted by Crippen LogP contribution is -2.15. The topological polar surface area (TPSA) is 35.5 Å². The third-order valence-corrected chi connectivity index (χ3v) is 5.84. The Bertz CT molecular complexity index is 218. The summed E-state index contributed by atoms with van der Waals surface area (Å²) >= 11 is 0. The molecule has 0 aliphatic heterocycles. The second-order valence-corrected chi connectivity index (χ2v) is 7.34. The molecule has 0 saturated carbocycles. The maximum Gasteiger partial charge on any atom is 0.493 e. The van der Waals surface area contributed by atoms with Crippen LogP contribution in [0.3, 0.4) is 0 Å². The van der Waals surface area contributed by atoms with Crippen LogP contribution < -0.4 is 0 Å². The van der Waals surface area contributed by atoms with E-state index < -0.39 is 15.9 Å². The summed E-state index contributed by atoms with van der Waals surface area (Å²) in [4.78, 5) is 11.4. The third-order valence-electron chi connectivity index (χ3n) is 3.81. The number of hydrogen-bond donors (Lipinski definition) is 0. The van der Waals surface area contributed by atoms with Crippen LogP contribution >= 0.6 is 0 Å². The largest absolute Gasteiger partial charge is 0.494 e. The van der Waals surface area contributed by atoms with Gasteiger partial charge >= 0.3 is 6.16 Å². The Balaban J connectivity index is 3.27. The molecule has 0 aliphatic rings. The highest BCUT2D eigenvalue weighted by molar-refractivity contribution is 6.32. The van der Waals surface area contributed by atoms with Crippen LogP contribution in [-0.2, 0) is 9.16 Å². The van der Waals surface area contributed by atoms with E-state index in [4.69, 9.17) is 9.16 Å². The number of rotatable bonds is 13. The molecular formula is C16H34O3Si. The molecule has 0 aromatic heterocycles. The van der Waals surface area contributed by atoms with Crippen LogP contribution in [0.4, 0.5) is 4.79 Å². The molecule has 0 spiro atoms. The van der Waals surface area contributed by atoms with E-state index in [1.807, 2.05) is 0 Å². The van der Waals surface area contributed by atoms with E-state index in [1.165, 1.54) is 38.5 Å². The first-order valence-corrected chi connectivity index (χ1v) is 9.93. The molecule has 0 atom stereocenters. The first-order valence-electron chi connectivity index (χ1n) is 8.54. The van der Waals surface area contributed by atoms with E-state index in [0.29, 0.717) is 12.1 Å². The molecule has 0 rings (SSSR count). The highest BCUT2D eigenvalue weighted by Crippen LogP contribution is 2.13. The first-order chi connectivity index (χ1) is 9.74.